The van der Waals surface area contributed by atoms with Gasteiger partial charge in [-0.15, -0.1) is 0 Å². The molecule has 29 heteroatoms. The van der Waals surface area contributed by atoms with E-state index in [1.807, 2.05) is 41.5 Å². The molecule has 14 N–H and O–H groups in total. The van der Waals surface area contributed by atoms with Gasteiger partial charge < -0.3 is 71.5 Å². The highest BCUT2D eigenvalue weighted by Crippen LogP contribution is 2.47. The van der Waals surface area contributed by atoms with Gasteiger partial charge in [-0.2, -0.15) is 0 Å². The van der Waals surface area contributed by atoms with Gasteiger partial charge >= 0.3 is 0 Å². The zero-order chi connectivity index (χ0) is 77.3. The van der Waals surface area contributed by atoms with E-state index in [9.17, 15) is 105 Å². The number of benzene rings is 10. The van der Waals surface area contributed by atoms with E-state index in [1.54, 1.807) is 27.7 Å². The van der Waals surface area contributed by atoms with Crippen molar-refractivity contribution in [1.29, 1.82) is 0 Å². The summed E-state index contributed by atoms with van der Waals surface area (Å²) in [4.78, 5) is 1.31. The van der Waals surface area contributed by atoms with Crippen molar-refractivity contribution in [2.75, 3.05) is 0 Å². The monoisotopic (exact) mass is 1550 g/mol. The molecule has 0 heterocycles. The van der Waals surface area contributed by atoms with Gasteiger partial charge in [0, 0.05) is 24.3 Å². The van der Waals surface area contributed by atoms with Crippen molar-refractivity contribution < 1.29 is 105 Å². The molecule has 10 rings (SSSR count). The predicted molar refractivity (Wildman–Crippen MR) is 390 cm³/mol. The second-order valence-corrected chi connectivity index (χ2v) is 33.3. The van der Waals surface area contributed by atoms with Gasteiger partial charge in [-0.05, 0) is 230 Å². The zero-order valence-corrected chi connectivity index (χ0v) is 62.5. The van der Waals surface area contributed by atoms with Crippen LogP contribution in [-0.4, -0.2) is 105 Å². The lowest BCUT2D eigenvalue weighted by Gasteiger charge is -2.17. The Balaban J connectivity index is 0.000000203. The lowest BCUT2D eigenvalue weighted by atomic mass is 10.0. The lowest BCUT2D eigenvalue weighted by Crippen LogP contribution is -2.10. The number of phenolic OH excluding ortho intramolecular Hbond substituents is 14. The molecule has 548 valence electrons. The van der Waals surface area contributed by atoms with Crippen LogP contribution in [0.4, 0.5) is 0 Å². The highest BCUT2D eigenvalue weighted by molar-refractivity contribution is 7.99. The maximum Gasteiger partial charge on any atom is 0.207 e. The van der Waals surface area contributed by atoms with E-state index in [0.29, 0.717) is 57.3 Å². The summed E-state index contributed by atoms with van der Waals surface area (Å²) in [5.74, 6) is -2.57. The summed E-state index contributed by atoms with van der Waals surface area (Å²) in [7, 11) is -14.9. The molecule has 10 aromatic carbocycles. The molecular formula is C74H76Cl2O22S5. The van der Waals surface area contributed by atoms with Gasteiger partial charge in [0.1, 0.15) is 57.5 Å². The van der Waals surface area contributed by atoms with E-state index >= 15 is 0 Å². The van der Waals surface area contributed by atoms with Crippen molar-refractivity contribution in [2.45, 2.75) is 143 Å². The maximum atomic E-state index is 13.1. The SMILES string of the molecule is CC(C)c1cc(O)ccc1S(=O)(=O)c1ccc(O)cc1C(C)C.CCc1cc(O)ccc1S(=O)(=O)c1ccc(O)cc1CC.Cc1cc(S(=O)(=O)c2cc(C)c(O)cc2C)c(C)cc1O.O=S(=O)(c1ccc(O)c(Cl)c1)c1ccc(O)c(Cl)c1.Oc1cc(O)c(Sc2cc(O)c(O)cc2O)cc1O. The van der Waals surface area contributed by atoms with E-state index in [0.717, 1.165) is 48.2 Å². The summed E-state index contributed by atoms with van der Waals surface area (Å²) in [6, 6.07) is 34.3. The third kappa shape index (κ3) is 19.5. The number of hydrogen-bond donors (Lipinski definition) is 14. The molecule has 0 radical (unpaired) electrons. The second-order valence-electron chi connectivity index (χ2n) is 23.8. The standard InChI is InChI=1S/C18H22O4S.2C16H18O4S.C12H8Cl2O4S.C12H10O6S/c1-11(2)15-9-13(19)5-7-17(15)23(21,22)18-8-6-14(20)10-16(18)12(3)4;1-9-7-15(11(3)5-13(9)17)21(19,20)16-8-10(2)14(18)6-12(16)4;1-3-11-9-13(17)5-7-15(11)21(19,20)16-8-6-14(18)10-12(16)4-2;13-9-5-7(1-3-11(9)15)19(17,18)8-2-4-12(16)10(14)6-8;13-5-1-9(17)11(3-7(5)15)19-12-4-8(16)6(14)2-10(12)18/h5-12,19-20H,1-4H3;5-8,17-18H,1-4H3;5-10,17-18H,3-4H2,1-2H3;1-6,15-16H;1-4,13-18H. The second kappa shape index (κ2) is 33.5. The molecule has 0 atom stereocenters. The number of phenols is 14. The molecule has 0 amide bonds. The Morgan fingerprint density at radius 1 is 0.301 bits per heavy atom. The van der Waals surface area contributed by atoms with E-state index in [4.69, 9.17) is 23.2 Å². The van der Waals surface area contributed by atoms with Gasteiger partial charge in [-0.3, -0.25) is 0 Å². The first-order chi connectivity index (χ1) is 47.9. The van der Waals surface area contributed by atoms with Crippen LogP contribution in [0.15, 0.2) is 207 Å². The summed E-state index contributed by atoms with van der Waals surface area (Å²) in [5.41, 5.74) is 4.29. The molecule has 10 aromatic rings. The average Bonchev–Trinajstić information content (AvgIpc) is 0.790. The Kier molecular flexibility index (Phi) is 26.7. The van der Waals surface area contributed by atoms with Gasteiger partial charge in [-0.25, -0.2) is 33.7 Å². The number of rotatable bonds is 14. The normalized spacial score (nSPS) is 11.5. The maximum absolute atomic E-state index is 13.1. The van der Waals surface area contributed by atoms with Crippen LogP contribution in [0.1, 0.15) is 97.9 Å². The van der Waals surface area contributed by atoms with Crippen LogP contribution in [0, 0.1) is 27.7 Å². The minimum absolute atomic E-state index is 0.0439. The quantitative estimate of drug-likeness (QED) is 0.0355. The van der Waals surface area contributed by atoms with E-state index in [1.165, 1.54) is 121 Å². The summed E-state index contributed by atoms with van der Waals surface area (Å²) < 4.78 is 102. The van der Waals surface area contributed by atoms with Crippen molar-refractivity contribution in [3.05, 3.63) is 212 Å². The first-order valence-electron chi connectivity index (χ1n) is 30.9. The van der Waals surface area contributed by atoms with Crippen molar-refractivity contribution in [3.63, 3.8) is 0 Å². The van der Waals surface area contributed by atoms with E-state index in [-0.39, 0.29) is 128 Å². The average molecular weight is 1550 g/mol. The molecule has 0 fully saturated rings. The first kappa shape index (κ1) is 82.1. The third-order valence-corrected chi connectivity index (χ3v) is 24.9. The molecule has 0 aliphatic carbocycles. The fraction of sp³-hybridized carbons (Fsp3) is 0.189. The fourth-order valence-corrected chi connectivity index (χ4v) is 18.3. The largest absolute Gasteiger partial charge is 0.508 e. The minimum atomic E-state index is -3.81. The molecule has 0 spiro atoms. The molecule has 0 saturated heterocycles. The first-order valence-corrected chi connectivity index (χ1v) is 38.4. The Labute approximate surface area is 610 Å². The van der Waals surface area contributed by atoms with Crippen molar-refractivity contribution in [3.8, 4) is 80.5 Å². The molecule has 0 aromatic heterocycles. The highest BCUT2D eigenvalue weighted by atomic mass is 35.5. The van der Waals surface area contributed by atoms with Crippen LogP contribution in [0.25, 0.3) is 0 Å². The van der Waals surface area contributed by atoms with Gasteiger partial charge in [0.15, 0.2) is 23.0 Å². The zero-order valence-electron chi connectivity index (χ0n) is 56.9. The van der Waals surface area contributed by atoms with Gasteiger partial charge in [0.25, 0.3) is 0 Å². The Morgan fingerprint density at radius 2 is 0.602 bits per heavy atom. The molecule has 0 bridgehead atoms. The highest BCUT2D eigenvalue weighted by Gasteiger charge is 2.29. The smallest absolute Gasteiger partial charge is 0.207 e. The Bertz CT molecular complexity index is 5020. The number of sulfone groups is 4. The van der Waals surface area contributed by atoms with Crippen molar-refractivity contribution in [2.24, 2.45) is 0 Å². The molecule has 0 unspecified atom stereocenters. The summed E-state index contributed by atoms with van der Waals surface area (Å²) in [6.07, 6.45) is 1.00. The predicted octanol–water partition coefficient (Wildman–Crippen LogP) is 15.7. The molecule has 0 aliphatic heterocycles. The van der Waals surface area contributed by atoms with Gasteiger partial charge in [0.2, 0.25) is 39.3 Å². The summed E-state index contributed by atoms with van der Waals surface area (Å²) in [6.45, 7) is 17.8. The van der Waals surface area contributed by atoms with Gasteiger partial charge in [-0.1, -0.05) is 76.5 Å². The molecular weight excluding hydrogens is 1470 g/mol. The molecule has 0 aliphatic rings. The topological polar surface area (TPSA) is 420 Å². The molecule has 103 heavy (non-hydrogen) atoms. The number of aromatic hydroxyl groups is 14. The van der Waals surface area contributed by atoms with Crippen LogP contribution in [0.5, 0.6) is 80.5 Å². The Morgan fingerprint density at radius 3 is 0.922 bits per heavy atom. The van der Waals surface area contributed by atoms with Gasteiger partial charge in [0.05, 0.1) is 59.0 Å². The number of hydrogen-bond acceptors (Lipinski definition) is 23. The lowest BCUT2D eigenvalue weighted by molar-refractivity contribution is 0.391. The van der Waals surface area contributed by atoms with Crippen LogP contribution in [0.3, 0.4) is 0 Å². The minimum Gasteiger partial charge on any atom is -0.508 e. The van der Waals surface area contributed by atoms with Crippen LogP contribution < -0.4 is 0 Å². The third-order valence-electron chi connectivity index (χ3n) is 15.6. The Hall–Kier alpha value is -9.87. The molecule has 22 nitrogen and oxygen atoms in total. The number of aryl methyl sites for hydroxylation is 6. The van der Waals surface area contributed by atoms with E-state index < -0.39 is 62.3 Å². The van der Waals surface area contributed by atoms with Crippen LogP contribution >= 0.6 is 35.0 Å². The number of halogens is 2. The van der Waals surface area contributed by atoms with Crippen molar-refractivity contribution >= 4 is 74.3 Å². The van der Waals surface area contributed by atoms with Crippen LogP contribution in [0.2, 0.25) is 10.0 Å². The fourth-order valence-electron chi connectivity index (χ4n) is 9.98. The van der Waals surface area contributed by atoms with E-state index in [2.05, 4.69) is 0 Å². The summed E-state index contributed by atoms with van der Waals surface area (Å²) in [5, 5.41) is 132. The summed E-state index contributed by atoms with van der Waals surface area (Å²) >= 11 is 12.2. The van der Waals surface area contributed by atoms with Crippen LogP contribution in [-0.2, 0) is 52.2 Å². The molecule has 0 saturated carbocycles. The van der Waals surface area contributed by atoms with Crippen molar-refractivity contribution in [1.82, 2.24) is 0 Å².